The monoisotopic (exact) mass is 437 g/mol. The lowest BCUT2D eigenvalue weighted by Gasteiger charge is -2.11. The molecule has 150 valence electrons. The number of amides is 1. The van der Waals surface area contributed by atoms with Gasteiger partial charge in [-0.1, -0.05) is 41.9 Å². The van der Waals surface area contributed by atoms with Crippen molar-refractivity contribution in [2.45, 2.75) is 6.61 Å². The number of esters is 1. The summed E-state index contributed by atoms with van der Waals surface area (Å²) in [5.41, 5.74) is 0.0430. The number of ether oxygens (including phenoxy) is 2. The number of anilines is 1. The lowest BCUT2D eigenvalue weighted by Crippen LogP contribution is -2.20. The Morgan fingerprint density at radius 1 is 1.14 bits per heavy atom. The number of carbonyl (C=O) groups is 2. The summed E-state index contributed by atoms with van der Waals surface area (Å²) < 4.78 is 35.0. The molecule has 0 aliphatic heterocycles. The fraction of sp³-hybridized carbons (Fsp3) is 0.100. The van der Waals surface area contributed by atoms with Crippen LogP contribution in [0.15, 0.2) is 54.6 Å². The molecule has 0 spiro atoms. The van der Waals surface area contributed by atoms with Crippen molar-refractivity contribution in [3.05, 3.63) is 64.5 Å². The van der Waals surface area contributed by atoms with Crippen LogP contribution in [-0.2, 0) is 14.3 Å². The first-order chi connectivity index (χ1) is 13.9. The summed E-state index contributed by atoms with van der Waals surface area (Å²) in [4.78, 5) is 24.5. The molecule has 1 amide bonds. The molecule has 0 fully saturated rings. The minimum absolute atomic E-state index is 0.0430. The van der Waals surface area contributed by atoms with Gasteiger partial charge in [-0.3, -0.25) is 4.79 Å². The van der Waals surface area contributed by atoms with Crippen LogP contribution in [0, 0.1) is 0 Å². The first-order valence-corrected chi connectivity index (χ1v) is 9.49. The van der Waals surface area contributed by atoms with Gasteiger partial charge in [0.1, 0.15) is 5.75 Å². The molecular formula is C20H14ClF2NO4S. The van der Waals surface area contributed by atoms with Crippen LogP contribution in [0.5, 0.6) is 5.75 Å². The number of rotatable bonds is 7. The lowest BCUT2D eigenvalue weighted by molar-refractivity contribution is -0.142. The summed E-state index contributed by atoms with van der Waals surface area (Å²) in [6.07, 6.45) is 2.68. The van der Waals surface area contributed by atoms with Crippen molar-refractivity contribution in [3.63, 3.8) is 0 Å². The number of benzene rings is 2. The van der Waals surface area contributed by atoms with Crippen molar-refractivity contribution in [2.24, 2.45) is 0 Å². The molecule has 9 heteroatoms. The van der Waals surface area contributed by atoms with Gasteiger partial charge in [0.05, 0.1) is 10.7 Å². The topological polar surface area (TPSA) is 64.6 Å². The summed E-state index contributed by atoms with van der Waals surface area (Å²) in [5, 5.41) is 3.77. The first kappa shape index (κ1) is 20.8. The Hall–Kier alpha value is -2.97. The molecule has 2 aromatic carbocycles. The van der Waals surface area contributed by atoms with E-state index in [0.29, 0.717) is 9.90 Å². The van der Waals surface area contributed by atoms with Gasteiger partial charge in [-0.05, 0) is 24.3 Å². The fourth-order valence-electron chi connectivity index (χ4n) is 2.42. The van der Waals surface area contributed by atoms with E-state index in [1.54, 1.807) is 0 Å². The number of fused-ring (bicyclic) bond motifs is 1. The average Bonchev–Trinajstić information content (AvgIpc) is 3.02. The minimum atomic E-state index is -3.03. The van der Waals surface area contributed by atoms with Gasteiger partial charge in [-0.25, -0.2) is 4.79 Å². The molecule has 1 N–H and O–H groups in total. The smallest absolute Gasteiger partial charge is 0.387 e. The van der Waals surface area contributed by atoms with Gasteiger partial charge in [0, 0.05) is 21.0 Å². The van der Waals surface area contributed by atoms with Crippen LogP contribution >= 0.6 is 22.9 Å². The highest BCUT2D eigenvalue weighted by molar-refractivity contribution is 7.20. The van der Waals surface area contributed by atoms with E-state index >= 15 is 0 Å². The van der Waals surface area contributed by atoms with Gasteiger partial charge in [0.15, 0.2) is 6.61 Å². The molecule has 1 aromatic heterocycles. The number of carbonyl (C=O) groups excluding carboxylic acids is 2. The van der Waals surface area contributed by atoms with Gasteiger partial charge in [-0.15, -0.1) is 11.3 Å². The summed E-state index contributed by atoms with van der Waals surface area (Å²) in [6, 6.07) is 13.2. The summed E-state index contributed by atoms with van der Waals surface area (Å²) in [7, 11) is 0. The Bertz CT molecular complexity index is 1070. The number of halogens is 3. The van der Waals surface area contributed by atoms with E-state index in [1.165, 1.54) is 41.7 Å². The molecule has 0 aliphatic carbocycles. The van der Waals surface area contributed by atoms with Gasteiger partial charge < -0.3 is 14.8 Å². The van der Waals surface area contributed by atoms with Crippen molar-refractivity contribution >= 4 is 56.7 Å². The highest BCUT2D eigenvalue weighted by Crippen LogP contribution is 2.35. The van der Waals surface area contributed by atoms with E-state index in [1.807, 2.05) is 24.3 Å². The van der Waals surface area contributed by atoms with E-state index in [9.17, 15) is 18.4 Å². The largest absolute Gasteiger partial charge is 0.452 e. The quantitative estimate of drug-likeness (QED) is 0.399. The highest BCUT2D eigenvalue weighted by Gasteiger charge is 2.13. The second-order valence-electron chi connectivity index (χ2n) is 5.64. The Balaban J connectivity index is 1.56. The maximum atomic E-state index is 12.4. The summed E-state index contributed by atoms with van der Waals surface area (Å²) >= 11 is 7.70. The normalized spacial score (nSPS) is 11.2. The molecule has 3 aromatic rings. The first-order valence-electron chi connectivity index (χ1n) is 8.29. The van der Waals surface area contributed by atoms with Crippen molar-refractivity contribution in [3.8, 4) is 5.75 Å². The number of thiophene rings is 1. The van der Waals surface area contributed by atoms with Crippen LogP contribution in [0.3, 0.4) is 0 Å². The van der Waals surface area contributed by atoms with Gasteiger partial charge in [0.25, 0.3) is 5.91 Å². The summed E-state index contributed by atoms with van der Waals surface area (Å²) in [6.45, 7) is -3.62. The van der Waals surface area contributed by atoms with Crippen LogP contribution in [-0.4, -0.2) is 25.1 Å². The van der Waals surface area contributed by atoms with Crippen LogP contribution in [0.1, 0.15) is 4.88 Å². The van der Waals surface area contributed by atoms with Crippen molar-refractivity contribution in [1.29, 1.82) is 0 Å². The van der Waals surface area contributed by atoms with Crippen molar-refractivity contribution in [2.75, 3.05) is 11.9 Å². The zero-order valence-electron chi connectivity index (χ0n) is 14.7. The van der Waals surface area contributed by atoms with Gasteiger partial charge in [0.2, 0.25) is 0 Å². The molecule has 0 bridgehead atoms. The number of hydrogen-bond acceptors (Lipinski definition) is 5. The van der Waals surface area contributed by atoms with Crippen molar-refractivity contribution < 1.29 is 27.8 Å². The molecule has 5 nitrogen and oxygen atoms in total. The molecule has 0 saturated heterocycles. The fourth-order valence-corrected chi connectivity index (χ4v) is 3.82. The van der Waals surface area contributed by atoms with E-state index < -0.39 is 25.1 Å². The predicted molar refractivity (Wildman–Crippen MR) is 109 cm³/mol. The maximum Gasteiger partial charge on any atom is 0.387 e. The van der Waals surface area contributed by atoms with Crippen LogP contribution < -0.4 is 10.1 Å². The molecule has 0 atom stereocenters. The molecule has 3 rings (SSSR count). The SMILES string of the molecule is O=C(COC(=O)/C=C/c1sc2ccccc2c1Cl)Nc1ccccc1OC(F)F. The Labute approximate surface area is 173 Å². The Morgan fingerprint density at radius 3 is 2.62 bits per heavy atom. The zero-order chi connectivity index (χ0) is 20.8. The van der Waals surface area contributed by atoms with E-state index in [0.717, 1.165) is 16.2 Å². The maximum absolute atomic E-state index is 12.4. The van der Waals surface area contributed by atoms with Gasteiger partial charge in [-0.2, -0.15) is 8.78 Å². The molecule has 0 radical (unpaired) electrons. The van der Waals surface area contributed by atoms with Crippen molar-refractivity contribution in [1.82, 2.24) is 0 Å². The Kier molecular flexibility index (Phi) is 6.79. The Morgan fingerprint density at radius 2 is 1.86 bits per heavy atom. The predicted octanol–water partition coefficient (Wildman–Crippen LogP) is 5.35. The van der Waals surface area contributed by atoms with Gasteiger partial charge >= 0.3 is 12.6 Å². The molecule has 1 heterocycles. The molecule has 29 heavy (non-hydrogen) atoms. The molecule has 0 saturated carbocycles. The third-order valence-electron chi connectivity index (χ3n) is 3.65. The third-order valence-corrected chi connectivity index (χ3v) is 5.31. The number of nitrogens with one attached hydrogen (secondary N) is 1. The zero-order valence-corrected chi connectivity index (χ0v) is 16.3. The molecular weight excluding hydrogens is 424 g/mol. The van der Waals surface area contributed by atoms with E-state index in [2.05, 4.69) is 10.1 Å². The van der Waals surface area contributed by atoms with Crippen LogP contribution in [0.25, 0.3) is 16.2 Å². The molecule has 0 unspecified atom stereocenters. The van der Waals surface area contributed by atoms with Crippen LogP contribution in [0.2, 0.25) is 5.02 Å². The highest BCUT2D eigenvalue weighted by atomic mass is 35.5. The standard InChI is InChI=1S/C20H14ClF2NO4S/c21-19-12-5-1-4-8-15(12)29-16(19)9-10-18(26)27-11-17(25)24-13-6-2-3-7-14(13)28-20(22)23/h1-10,20H,11H2,(H,24,25)/b10-9+. The lowest BCUT2D eigenvalue weighted by atomic mass is 10.2. The van der Waals surface area contributed by atoms with E-state index in [-0.39, 0.29) is 11.4 Å². The third kappa shape index (κ3) is 5.52. The van der Waals surface area contributed by atoms with Crippen LogP contribution in [0.4, 0.5) is 14.5 Å². The van der Waals surface area contributed by atoms with E-state index in [4.69, 9.17) is 16.3 Å². The molecule has 0 aliphatic rings. The number of hydrogen-bond donors (Lipinski definition) is 1. The second kappa shape index (κ2) is 9.49. The number of alkyl halides is 2. The average molecular weight is 438 g/mol. The second-order valence-corrected chi connectivity index (χ2v) is 7.10. The number of para-hydroxylation sites is 2. The minimum Gasteiger partial charge on any atom is -0.452 e. The summed E-state index contributed by atoms with van der Waals surface area (Å²) in [5.74, 6) is -1.63.